The van der Waals surface area contributed by atoms with Crippen molar-refractivity contribution in [2.45, 2.75) is 13.0 Å². The van der Waals surface area contributed by atoms with Crippen molar-refractivity contribution in [1.29, 1.82) is 0 Å². The van der Waals surface area contributed by atoms with Crippen molar-refractivity contribution in [2.75, 3.05) is 64.0 Å². The topological polar surface area (TPSA) is 83.1 Å². The van der Waals surface area contributed by atoms with Crippen LogP contribution in [0.5, 0.6) is 0 Å². The van der Waals surface area contributed by atoms with Crippen LogP contribution in [0.3, 0.4) is 0 Å². The fourth-order valence-electron chi connectivity index (χ4n) is 3.53. The highest BCUT2D eigenvalue weighted by atomic mass is 30.0. The fourth-order valence-corrected chi connectivity index (χ4v) is 53.9. The maximum atomic E-state index is 5.86. The number of rotatable bonds is 13. The quantitative estimate of drug-likeness (QED) is 0.391. The lowest BCUT2D eigenvalue weighted by Gasteiger charge is -2.51. The summed E-state index contributed by atoms with van der Waals surface area (Å²) in [4.78, 5) is 0. The van der Waals surface area contributed by atoms with E-state index >= 15 is 0 Å². The molecular formula is C11H32O9Si4. The van der Waals surface area contributed by atoms with Crippen LogP contribution in [0.4, 0.5) is 0 Å². The summed E-state index contributed by atoms with van der Waals surface area (Å²) in [6, 6.07) is 0.540. The van der Waals surface area contributed by atoms with E-state index in [9.17, 15) is 0 Å². The van der Waals surface area contributed by atoms with Crippen LogP contribution in [0.25, 0.3) is 0 Å². The largest absolute Gasteiger partial charge is 0.482 e. The summed E-state index contributed by atoms with van der Waals surface area (Å²) in [5, 5.41) is 0. The monoisotopic (exact) mass is 420 g/mol. The first-order valence-corrected chi connectivity index (χ1v) is 17.7. The molecule has 0 fully saturated rings. The molecule has 24 heavy (non-hydrogen) atoms. The van der Waals surface area contributed by atoms with Crippen molar-refractivity contribution < 1.29 is 39.8 Å². The number of hydrogen-bond acceptors (Lipinski definition) is 9. The maximum Gasteiger partial charge on any atom is 0.482 e. The molecule has 0 saturated heterocycles. The lowest BCUT2D eigenvalue weighted by Crippen LogP contribution is -2.94. The Labute approximate surface area is 148 Å². The third-order valence-electron chi connectivity index (χ3n) is 4.52. The molecule has 9 nitrogen and oxygen atoms in total. The van der Waals surface area contributed by atoms with Crippen molar-refractivity contribution in [3.63, 3.8) is 0 Å². The number of hydrogen-bond donors (Lipinski definition) is 0. The summed E-state index contributed by atoms with van der Waals surface area (Å²) < 4.78 is 52.8. The van der Waals surface area contributed by atoms with Gasteiger partial charge < -0.3 is 39.8 Å². The smallest absolute Gasteiger partial charge is 0.380 e. The Morgan fingerprint density at radius 2 is 0.583 bits per heavy atom. The second-order valence-electron chi connectivity index (χ2n) is 4.76. The Morgan fingerprint density at radius 3 is 0.667 bits per heavy atom. The molecule has 13 heteroatoms. The molecule has 0 bridgehead atoms. The molecule has 146 valence electrons. The molecule has 0 aromatic carbocycles. The fraction of sp³-hybridized carbons (Fsp3) is 1.00. The summed E-state index contributed by atoms with van der Waals surface area (Å²) in [5.74, 6) is 0. The maximum absolute atomic E-state index is 5.86. The van der Waals surface area contributed by atoms with Gasteiger partial charge in [0.1, 0.15) is 0 Å². The zero-order chi connectivity index (χ0) is 19.1. The SMILES string of the molecule is CC[Si]([Si](OC)(OC)OC)([Si](OC)(OC)OC)[Si](OC)(OC)OC. The average molecular weight is 421 g/mol. The zero-order valence-corrected chi connectivity index (χ0v) is 20.4. The van der Waals surface area contributed by atoms with E-state index in [1.165, 1.54) is 64.0 Å². The third kappa shape index (κ3) is 3.15. The van der Waals surface area contributed by atoms with Crippen molar-refractivity contribution in [3.05, 3.63) is 0 Å². The Hall–Kier alpha value is 0.508. The Bertz CT molecular complexity index is 286. The molecule has 0 heterocycles. The van der Waals surface area contributed by atoms with Crippen molar-refractivity contribution in [2.24, 2.45) is 0 Å². The molecule has 0 spiro atoms. The van der Waals surface area contributed by atoms with E-state index in [0.29, 0.717) is 6.04 Å². The molecule has 0 aromatic rings. The standard InChI is InChI=1S/C11H32O9Si4/c1-11-21(22(12-2,13-3)14-4,23(15-5,16-6)17-7)24(18-8,19-9)20-10/h11H2,1-10H3. The van der Waals surface area contributed by atoms with Crippen molar-refractivity contribution >= 4 is 31.6 Å². The molecule has 0 aliphatic carbocycles. The first-order chi connectivity index (χ1) is 11.4. The van der Waals surface area contributed by atoms with Gasteiger partial charge in [-0.3, -0.25) is 0 Å². The van der Waals surface area contributed by atoms with Gasteiger partial charge >= 0.3 is 31.6 Å². The molecule has 0 aromatic heterocycles. The summed E-state index contributed by atoms with van der Waals surface area (Å²) in [5.41, 5.74) is 0. The predicted octanol–water partition coefficient (Wildman–Crippen LogP) is 0.325. The van der Waals surface area contributed by atoms with Crippen LogP contribution >= 0.6 is 0 Å². The van der Waals surface area contributed by atoms with E-state index in [4.69, 9.17) is 39.8 Å². The van der Waals surface area contributed by atoms with Gasteiger partial charge in [-0.05, 0) is 6.04 Å². The molecule has 0 aliphatic heterocycles. The van der Waals surface area contributed by atoms with Gasteiger partial charge in [-0.1, -0.05) is 6.92 Å². The van der Waals surface area contributed by atoms with E-state index in [2.05, 4.69) is 0 Å². The molecule has 0 amide bonds. The van der Waals surface area contributed by atoms with Gasteiger partial charge in [-0.25, -0.2) is 0 Å². The first kappa shape index (κ1) is 24.5. The second-order valence-corrected chi connectivity index (χ2v) is 32.0. The molecule has 0 rings (SSSR count). The minimum Gasteiger partial charge on any atom is -0.380 e. The summed E-state index contributed by atoms with van der Waals surface area (Å²) in [6.07, 6.45) is 0. The van der Waals surface area contributed by atoms with E-state index in [1.807, 2.05) is 6.92 Å². The van der Waals surface area contributed by atoms with E-state index in [0.717, 1.165) is 0 Å². The van der Waals surface area contributed by atoms with E-state index < -0.39 is 31.6 Å². The molecule has 0 N–H and O–H groups in total. The Kier molecular flexibility index (Phi) is 10.2. The highest BCUT2D eigenvalue weighted by Gasteiger charge is 2.90. The van der Waals surface area contributed by atoms with Crippen LogP contribution in [0.1, 0.15) is 6.92 Å². The van der Waals surface area contributed by atoms with Gasteiger partial charge in [0.2, 0.25) is 0 Å². The van der Waals surface area contributed by atoms with Crippen LogP contribution < -0.4 is 0 Å². The van der Waals surface area contributed by atoms with Crippen molar-refractivity contribution in [3.8, 4) is 0 Å². The molecule has 0 aliphatic rings. The summed E-state index contributed by atoms with van der Waals surface area (Å²) in [6.45, 7) is -1.22. The third-order valence-corrected chi connectivity index (χ3v) is 48.2. The van der Waals surface area contributed by atoms with Gasteiger partial charge in [0, 0.05) is 64.0 Å². The van der Waals surface area contributed by atoms with Gasteiger partial charge in [0.05, 0.1) is 0 Å². The Morgan fingerprint density at radius 1 is 0.417 bits per heavy atom. The normalized spacial score (nSPS) is 14.2. The molecule has 0 unspecified atom stereocenters. The highest BCUT2D eigenvalue weighted by molar-refractivity contribution is 7.83. The lowest BCUT2D eigenvalue weighted by molar-refractivity contribution is 0.115. The van der Waals surface area contributed by atoms with Crippen LogP contribution in [0, 0.1) is 0 Å². The van der Waals surface area contributed by atoms with Crippen LogP contribution in [-0.2, 0) is 39.8 Å². The van der Waals surface area contributed by atoms with E-state index in [1.54, 1.807) is 0 Å². The van der Waals surface area contributed by atoms with Gasteiger partial charge in [-0.15, -0.1) is 0 Å². The minimum atomic E-state index is -3.38. The van der Waals surface area contributed by atoms with Gasteiger partial charge in [0.25, 0.3) is 0 Å². The average Bonchev–Trinajstić information content (AvgIpc) is 2.65. The molecular weight excluding hydrogens is 388 g/mol. The minimum absolute atomic E-state index is 0.540. The van der Waals surface area contributed by atoms with Crippen LogP contribution in [-0.4, -0.2) is 95.6 Å². The Balaban J connectivity index is 7.11. The molecule has 0 saturated carbocycles. The van der Waals surface area contributed by atoms with Gasteiger partial charge in [-0.2, -0.15) is 0 Å². The van der Waals surface area contributed by atoms with Crippen LogP contribution in [0.15, 0.2) is 0 Å². The van der Waals surface area contributed by atoms with Crippen LogP contribution in [0.2, 0.25) is 6.04 Å². The van der Waals surface area contributed by atoms with Gasteiger partial charge in [0.15, 0.2) is 0 Å². The predicted molar refractivity (Wildman–Crippen MR) is 96.6 cm³/mol. The highest BCUT2D eigenvalue weighted by Crippen LogP contribution is 2.42. The first-order valence-electron chi connectivity index (χ1n) is 7.32. The second kappa shape index (κ2) is 10.0. The summed E-state index contributed by atoms with van der Waals surface area (Å²) >= 11 is 0. The molecule has 0 atom stereocenters. The van der Waals surface area contributed by atoms with E-state index in [-0.39, 0.29) is 0 Å². The molecule has 0 radical (unpaired) electrons. The zero-order valence-electron chi connectivity index (χ0n) is 16.4. The van der Waals surface area contributed by atoms with Crippen molar-refractivity contribution in [1.82, 2.24) is 0 Å². The summed E-state index contributed by atoms with van der Waals surface area (Å²) in [7, 11) is 3.70. The lowest BCUT2D eigenvalue weighted by atomic mass is 11.0.